The first-order valence-corrected chi connectivity index (χ1v) is 8.98. The molecular formula is C19H26N2S. The van der Waals surface area contributed by atoms with Crippen molar-refractivity contribution in [2.75, 3.05) is 27.2 Å². The first-order chi connectivity index (χ1) is 10.6. The first kappa shape index (κ1) is 15.7. The monoisotopic (exact) mass is 314 g/mol. The second-order valence-corrected chi connectivity index (χ2v) is 7.88. The Kier molecular flexibility index (Phi) is 4.97. The van der Waals surface area contributed by atoms with Crippen molar-refractivity contribution >= 4 is 11.3 Å². The Balaban J connectivity index is 1.80. The third-order valence-electron chi connectivity index (χ3n) is 4.47. The minimum Gasteiger partial charge on any atom is -0.308 e. The van der Waals surface area contributed by atoms with Crippen LogP contribution in [0.3, 0.4) is 0 Å². The summed E-state index contributed by atoms with van der Waals surface area (Å²) < 4.78 is 0. The lowest BCUT2D eigenvalue weighted by molar-refractivity contribution is 0.201. The molecule has 3 heteroatoms. The van der Waals surface area contributed by atoms with Gasteiger partial charge in [0.1, 0.15) is 0 Å². The molecule has 0 bridgehead atoms. The Morgan fingerprint density at radius 2 is 2.00 bits per heavy atom. The highest BCUT2D eigenvalue weighted by Gasteiger charge is 2.25. The van der Waals surface area contributed by atoms with E-state index in [9.17, 15) is 0 Å². The van der Waals surface area contributed by atoms with Crippen LogP contribution >= 0.6 is 11.3 Å². The highest BCUT2D eigenvalue weighted by molar-refractivity contribution is 7.15. The van der Waals surface area contributed by atoms with Crippen molar-refractivity contribution in [3.63, 3.8) is 0 Å². The molecule has 1 fully saturated rings. The highest BCUT2D eigenvalue weighted by Crippen LogP contribution is 2.32. The minimum atomic E-state index is 0.702. The van der Waals surface area contributed by atoms with Gasteiger partial charge in [-0.1, -0.05) is 24.3 Å². The molecule has 0 saturated carbocycles. The maximum atomic E-state index is 2.67. The van der Waals surface area contributed by atoms with Crippen molar-refractivity contribution < 1.29 is 0 Å². The Labute approximate surface area is 138 Å². The lowest BCUT2D eigenvalue weighted by atomic mass is 10.0. The molecule has 1 saturated heterocycles. The number of nitrogens with zero attached hydrogens (tertiary/aromatic N) is 2. The van der Waals surface area contributed by atoms with Gasteiger partial charge in [-0.2, -0.15) is 0 Å². The van der Waals surface area contributed by atoms with E-state index in [1.165, 1.54) is 46.8 Å². The van der Waals surface area contributed by atoms with Crippen LogP contribution in [0.4, 0.5) is 0 Å². The summed E-state index contributed by atoms with van der Waals surface area (Å²) in [5, 5.41) is 0. The second kappa shape index (κ2) is 6.95. The molecule has 2 nitrogen and oxygen atoms in total. The number of likely N-dealkylation sites (tertiary alicyclic amines) is 1. The standard InChI is InChI=1S/C19H26N2S/c1-15-10-11-19(22-15)18-9-5-4-7-16(18)13-21-12-6-8-17(21)14-20(2)3/h4-5,7,9-11,17H,6,8,12-14H2,1-3H3. The Morgan fingerprint density at radius 1 is 1.18 bits per heavy atom. The molecule has 0 aliphatic carbocycles. The summed E-state index contributed by atoms with van der Waals surface area (Å²) in [5.41, 5.74) is 2.88. The van der Waals surface area contributed by atoms with Crippen LogP contribution in [0.1, 0.15) is 23.3 Å². The number of thiophene rings is 1. The second-order valence-electron chi connectivity index (χ2n) is 6.60. The van der Waals surface area contributed by atoms with Crippen molar-refractivity contribution in [2.45, 2.75) is 32.4 Å². The van der Waals surface area contributed by atoms with Gasteiger partial charge in [0.15, 0.2) is 0 Å². The molecule has 1 aliphatic rings. The summed E-state index contributed by atoms with van der Waals surface area (Å²) in [7, 11) is 4.36. The summed E-state index contributed by atoms with van der Waals surface area (Å²) in [6.45, 7) is 5.66. The van der Waals surface area contributed by atoms with Gasteiger partial charge in [-0.05, 0) is 63.7 Å². The fourth-order valence-corrected chi connectivity index (χ4v) is 4.36. The van der Waals surface area contributed by atoms with E-state index in [0.717, 1.165) is 6.54 Å². The average molecular weight is 314 g/mol. The minimum absolute atomic E-state index is 0.702. The van der Waals surface area contributed by atoms with Crippen LogP contribution in [-0.4, -0.2) is 43.0 Å². The molecule has 0 N–H and O–H groups in total. The lowest BCUT2D eigenvalue weighted by Crippen LogP contribution is -2.37. The van der Waals surface area contributed by atoms with Crippen LogP contribution in [0.5, 0.6) is 0 Å². The van der Waals surface area contributed by atoms with Crippen LogP contribution in [0.25, 0.3) is 10.4 Å². The van der Waals surface area contributed by atoms with E-state index in [0.29, 0.717) is 6.04 Å². The summed E-state index contributed by atoms with van der Waals surface area (Å²) in [4.78, 5) is 7.77. The van der Waals surface area contributed by atoms with E-state index in [4.69, 9.17) is 0 Å². The highest BCUT2D eigenvalue weighted by atomic mass is 32.1. The third-order valence-corrected chi connectivity index (χ3v) is 5.51. The molecule has 118 valence electrons. The normalized spacial score (nSPS) is 19.2. The van der Waals surface area contributed by atoms with Crippen LogP contribution in [0, 0.1) is 6.92 Å². The molecule has 0 radical (unpaired) electrons. The zero-order valence-corrected chi connectivity index (χ0v) is 14.7. The molecule has 1 atom stereocenters. The fourth-order valence-electron chi connectivity index (χ4n) is 3.43. The summed E-state index contributed by atoms with van der Waals surface area (Å²) in [6, 6.07) is 14.1. The average Bonchev–Trinajstić information content (AvgIpc) is 3.09. The number of hydrogen-bond acceptors (Lipinski definition) is 3. The zero-order chi connectivity index (χ0) is 15.5. The molecule has 1 aromatic heterocycles. The summed E-state index contributed by atoms with van der Waals surface area (Å²) in [5.74, 6) is 0. The molecule has 3 rings (SSSR count). The van der Waals surface area contributed by atoms with Crippen molar-refractivity contribution in [3.05, 3.63) is 46.8 Å². The summed E-state index contributed by atoms with van der Waals surface area (Å²) in [6.07, 6.45) is 2.66. The van der Waals surface area contributed by atoms with Crippen molar-refractivity contribution in [2.24, 2.45) is 0 Å². The molecule has 1 aromatic carbocycles. The molecule has 1 unspecified atom stereocenters. The van der Waals surface area contributed by atoms with Gasteiger partial charge in [0.2, 0.25) is 0 Å². The molecular weight excluding hydrogens is 288 g/mol. The van der Waals surface area contributed by atoms with Gasteiger partial charge in [0.05, 0.1) is 0 Å². The Bertz CT molecular complexity index is 617. The Morgan fingerprint density at radius 3 is 2.73 bits per heavy atom. The van der Waals surface area contributed by atoms with E-state index in [1.54, 1.807) is 0 Å². The van der Waals surface area contributed by atoms with Crippen LogP contribution in [0.15, 0.2) is 36.4 Å². The number of benzene rings is 1. The van der Waals surface area contributed by atoms with Crippen molar-refractivity contribution in [3.8, 4) is 10.4 Å². The Hall–Kier alpha value is -1.16. The predicted octanol–water partition coefficient (Wildman–Crippen LogP) is 4.25. The number of hydrogen-bond donors (Lipinski definition) is 0. The number of likely N-dealkylation sites (N-methyl/N-ethyl adjacent to an activating group) is 1. The topological polar surface area (TPSA) is 6.48 Å². The van der Waals surface area contributed by atoms with Gasteiger partial charge in [-0.25, -0.2) is 0 Å². The van der Waals surface area contributed by atoms with Gasteiger partial charge in [-0.15, -0.1) is 11.3 Å². The van der Waals surface area contributed by atoms with Gasteiger partial charge in [-0.3, -0.25) is 4.90 Å². The number of rotatable bonds is 5. The largest absolute Gasteiger partial charge is 0.308 e. The molecule has 22 heavy (non-hydrogen) atoms. The fraction of sp³-hybridized carbons (Fsp3) is 0.474. The molecule has 0 amide bonds. The summed E-state index contributed by atoms with van der Waals surface area (Å²) >= 11 is 1.90. The predicted molar refractivity (Wildman–Crippen MR) is 96.5 cm³/mol. The van der Waals surface area contributed by atoms with Crippen molar-refractivity contribution in [1.82, 2.24) is 9.80 Å². The van der Waals surface area contributed by atoms with E-state index in [-0.39, 0.29) is 0 Å². The van der Waals surface area contributed by atoms with Crippen LogP contribution in [-0.2, 0) is 6.54 Å². The van der Waals surface area contributed by atoms with Gasteiger partial charge in [0.25, 0.3) is 0 Å². The molecule has 2 heterocycles. The van der Waals surface area contributed by atoms with E-state index >= 15 is 0 Å². The SMILES string of the molecule is Cc1ccc(-c2ccccc2CN2CCCC2CN(C)C)s1. The van der Waals surface area contributed by atoms with Crippen molar-refractivity contribution in [1.29, 1.82) is 0 Å². The molecule has 0 spiro atoms. The van der Waals surface area contributed by atoms with E-state index in [2.05, 4.69) is 67.2 Å². The maximum Gasteiger partial charge on any atom is 0.0348 e. The van der Waals surface area contributed by atoms with Crippen LogP contribution in [0.2, 0.25) is 0 Å². The first-order valence-electron chi connectivity index (χ1n) is 8.17. The van der Waals surface area contributed by atoms with Crippen LogP contribution < -0.4 is 0 Å². The smallest absolute Gasteiger partial charge is 0.0348 e. The van der Waals surface area contributed by atoms with Gasteiger partial charge in [0, 0.05) is 28.9 Å². The quantitative estimate of drug-likeness (QED) is 0.814. The molecule has 2 aromatic rings. The van der Waals surface area contributed by atoms with Gasteiger partial charge >= 0.3 is 0 Å². The zero-order valence-electron chi connectivity index (χ0n) is 13.9. The molecule has 1 aliphatic heterocycles. The third kappa shape index (κ3) is 3.60. The van der Waals surface area contributed by atoms with E-state index in [1.807, 2.05) is 11.3 Å². The van der Waals surface area contributed by atoms with Gasteiger partial charge < -0.3 is 4.90 Å². The number of aryl methyl sites for hydroxylation is 1. The maximum absolute atomic E-state index is 2.67. The lowest BCUT2D eigenvalue weighted by Gasteiger charge is -2.27. The van der Waals surface area contributed by atoms with E-state index < -0.39 is 0 Å².